The average molecular weight is 1390 g/mol. The van der Waals surface area contributed by atoms with Gasteiger partial charge < -0.3 is 17.7 Å². The maximum absolute atomic E-state index is 6.76. The molecule has 108 heavy (non-hydrogen) atoms. The molecule has 4 heteroatoms. The predicted octanol–water partition coefficient (Wildman–Crippen LogP) is 30.4. The molecule has 0 spiro atoms. The van der Waals surface area contributed by atoms with Crippen LogP contribution in [0, 0.1) is 55.4 Å². The lowest BCUT2D eigenvalue weighted by Crippen LogP contribution is -1.85. The molecule has 516 valence electrons. The molecule has 22 aromatic rings. The highest BCUT2D eigenvalue weighted by Crippen LogP contribution is 2.51. The van der Waals surface area contributed by atoms with Crippen LogP contribution in [-0.4, -0.2) is 0 Å². The zero-order chi connectivity index (χ0) is 73.0. The number of fused-ring (bicyclic) bond motifs is 28. The molecule has 18 aromatic carbocycles. The summed E-state index contributed by atoms with van der Waals surface area (Å²) in [4.78, 5) is 0. The molecular formula is C104H76O4. The lowest BCUT2D eigenvalue weighted by Gasteiger charge is -2.10. The molecule has 0 saturated carbocycles. The summed E-state index contributed by atoms with van der Waals surface area (Å²) in [5.41, 5.74) is 22.8. The molecular weight excluding hydrogens is 1310 g/mol. The monoisotopic (exact) mass is 1390 g/mol. The number of hydrogen-bond acceptors (Lipinski definition) is 4. The Bertz CT molecular complexity index is 7350. The van der Waals surface area contributed by atoms with Gasteiger partial charge in [0.15, 0.2) is 0 Å². The van der Waals surface area contributed by atoms with E-state index < -0.39 is 0 Å². The Morgan fingerprint density at radius 3 is 0.787 bits per heavy atom. The Balaban J connectivity index is 0.0000000989. The molecule has 0 aliphatic carbocycles. The SMILES string of the molecule is Cc1ccc2c(c1)c1cc(C)ccc1c1c(-c3ccccc3)c(-c3ccccc3)oc21.Cc1ccc2c(c1)c1cc(C)ccc1c1c3ccccc3oc21.Cc1ccc2c3ccc(C)cc3c3c(-c4ccccc4)c(-c4ccccc4)oc3c2c1.Cc1ccc2c3ccc(C)cc3c3c4ccccc4oc3c2c1. The van der Waals surface area contributed by atoms with E-state index >= 15 is 0 Å². The molecule has 0 atom stereocenters. The number of aryl methyl sites for hydroxylation is 8. The molecule has 0 radical (unpaired) electrons. The molecule has 4 nitrogen and oxygen atoms in total. The maximum Gasteiger partial charge on any atom is 0.143 e. The minimum atomic E-state index is 0.928. The Kier molecular flexibility index (Phi) is 16.0. The molecule has 0 bridgehead atoms. The zero-order valence-corrected chi connectivity index (χ0v) is 61.7. The van der Waals surface area contributed by atoms with E-state index in [-0.39, 0.29) is 0 Å². The molecule has 22 rings (SSSR count). The molecule has 0 amide bonds. The summed E-state index contributed by atoms with van der Waals surface area (Å²) in [6.45, 7) is 17.2. The van der Waals surface area contributed by atoms with Crippen LogP contribution < -0.4 is 0 Å². The minimum Gasteiger partial charge on any atom is -0.455 e. The van der Waals surface area contributed by atoms with Crippen LogP contribution >= 0.6 is 0 Å². The minimum absolute atomic E-state index is 0.928. The topological polar surface area (TPSA) is 52.6 Å². The Morgan fingerprint density at radius 2 is 0.398 bits per heavy atom. The third-order valence-corrected chi connectivity index (χ3v) is 21.8. The average Bonchev–Trinajstić information content (AvgIpc) is 1.62. The van der Waals surface area contributed by atoms with Crippen LogP contribution in [-0.2, 0) is 0 Å². The second-order valence-corrected chi connectivity index (χ2v) is 29.5. The van der Waals surface area contributed by atoms with Crippen LogP contribution in [0.2, 0.25) is 0 Å². The van der Waals surface area contributed by atoms with Gasteiger partial charge in [-0.05, 0) is 155 Å². The van der Waals surface area contributed by atoms with Crippen LogP contribution in [0.1, 0.15) is 44.5 Å². The van der Waals surface area contributed by atoms with Crippen LogP contribution in [0.4, 0.5) is 0 Å². The van der Waals surface area contributed by atoms with E-state index in [4.69, 9.17) is 17.7 Å². The molecule has 0 unspecified atom stereocenters. The van der Waals surface area contributed by atoms with Crippen LogP contribution in [0.5, 0.6) is 0 Å². The van der Waals surface area contributed by atoms with Crippen LogP contribution in [0.3, 0.4) is 0 Å². The van der Waals surface area contributed by atoms with E-state index in [2.05, 4.69) is 347 Å². The first kappa shape index (κ1) is 65.5. The van der Waals surface area contributed by atoms with Crippen molar-refractivity contribution in [2.75, 3.05) is 0 Å². The molecule has 0 aliphatic rings. The first-order chi connectivity index (χ1) is 52.8. The van der Waals surface area contributed by atoms with Crippen molar-refractivity contribution in [3.05, 3.63) is 360 Å². The van der Waals surface area contributed by atoms with Gasteiger partial charge in [-0.25, -0.2) is 0 Å². The highest BCUT2D eigenvalue weighted by Gasteiger charge is 2.26. The zero-order valence-electron chi connectivity index (χ0n) is 61.7. The molecule has 4 heterocycles. The summed E-state index contributed by atoms with van der Waals surface area (Å²) in [5.74, 6) is 1.86. The lowest BCUT2D eigenvalue weighted by molar-refractivity contribution is 0.635. The highest BCUT2D eigenvalue weighted by molar-refractivity contribution is 6.33. The number of para-hydroxylation sites is 2. The van der Waals surface area contributed by atoms with Gasteiger partial charge in [0.1, 0.15) is 45.0 Å². The second-order valence-electron chi connectivity index (χ2n) is 29.5. The van der Waals surface area contributed by atoms with Crippen molar-refractivity contribution in [2.45, 2.75) is 55.4 Å². The van der Waals surface area contributed by atoms with E-state index in [1.807, 2.05) is 24.3 Å². The second kappa shape index (κ2) is 26.4. The first-order valence-electron chi connectivity index (χ1n) is 37.3. The largest absolute Gasteiger partial charge is 0.455 e. The number of furan rings is 4. The van der Waals surface area contributed by atoms with Gasteiger partial charge in [-0.2, -0.15) is 0 Å². The smallest absolute Gasteiger partial charge is 0.143 e. The molecule has 0 saturated heterocycles. The Morgan fingerprint density at radius 1 is 0.157 bits per heavy atom. The summed E-state index contributed by atoms with van der Waals surface area (Å²) >= 11 is 0. The normalized spacial score (nSPS) is 11.7. The highest BCUT2D eigenvalue weighted by atomic mass is 16.3. The van der Waals surface area contributed by atoms with Gasteiger partial charge in [-0.1, -0.05) is 336 Å². The van der Waals surface area contributed by atoms with Gasteiger partial charge in [0.05, 0.1) is 0 Å². The number of hydrogen-bond donors (Lipinski definition) is 0. The lowest BCUT2D eigenvalue weighted by atomic mass is 9.91. The summed E-state index contributed by atoms with van der Waals surface area (Å²) in [6.07, 6.45) is 0. The van der Waals surface area contributed by atoms with Crippen molar-refractivity contribution in [3.8, 4) is 44.9 Å². The summed E-state index contributed by atoms with van der Waals surface area (Å²) in [7, 11) is 0. The van der Waals surface area contributed by atoms with Gasteiger partial charge in [0.2, 0.25) is 0 Å². The fraction of sp³-hybridized carbons (Fsp3) is 0.0769. The van der Waals surface area contributed by atoms with E-state index in [1.165, 1.54) is 174 Å². The summed E-state index contributed by atoms with van der Waals surface area (Å²) < 4.78 is 26.0. The van der Waals surface area contributed by atoms with Gasteiger partial charge >= 0.3 is 0 Å². The van der Waals surface area contributed by atoms with E-state index in [0.717, 1.165) is 67.1 Å². The third-order valence-electron chi connectivity index (χ3n) is 21.8. The fourth-order valence-corrected chi connectivity index (χ4v) is 16.8. The van der Waals surface area contributed by atoms with E-state index in [0.29, 0.717) is 0 Å². The van der Waals surface area contributed by atoms with Gasteiger partial charge in [0, 0.05) is 76.1 Å². The van der Waals surface area contributed by atoms with Gasteiger partial charge in [0.25, 0.3) is 0 Å². The van der Waals surface area contributed by atoms with Crippen molar-refractivity contribution in [1.29, 1.82) is 0 Å². The Hall–Kier alpha value is -13.3. The fourth-order valence-electron chi connectivity index (χ4n) is 16.8. The standard InChI is InChI=1S/2C30H22O.2C22H16O/c1-19-13-15-23-25(17-19)26-18-20(2)14-16-24(26)30-28(23)27(21-9-5-3-6-10-21)29(31-30)22-11-7-4-8-12-22;1-19-13-15-23-24-16-14-20(2)18-26(24)30-28(25(23)17-19)27(21-9-5-3-6-10-21)29(31-30)22-11-7-4-8-12-22;1-13-7-9-15-18(11-13)19-12-14(2)8-10-16(19)22-21(15)17-5-3-4-6-20(17)23-22;1-13-7-9-15-16-10-8-14(2)12-19(16)22-21(18(15)11-13)17-5-3-4-6-20(17)23-22/h2*3-18H,1-2H3;2*3-12H,1-2H3. The van der Waals surface area contributed by atoms with Crippen molar-refractivity contribution in [2.24, 2.45) is 0 Å². The quantitative estimate of drug-likeness (QED) is 0.165. The first-order valence-corrected chi connectivity index (χ1v) is 37.3. The van der Waals surface area contributed by atoms with Crippen LogP contribution in [0.15, 0.2) is 333 Å². The van der Waals surface area contributed by atoms with E-state index in [1.54, 1.807) is 0 Å². The third kappa shape index (κ3) is 11.1. The van der Waals surface area contributed by atoms with Crippen molar-refractivity contribution in [3.63, 3.8) is 0 Å². The molecule has 0 N–H and O–H groups in total. The molecule has 4 aromatic heterocycles. The van der Waals surface area contributed by atoms with Gasteiger partial charge in [-0.15, -0.1) is 0 Å². The predicted molar refractivity (Wildman–Crippen MR) is 460 cm³/mol. The van der Waals surface area contributed by atoms with Crippen LogP contribution in [0.25, 0.3) is 197 Å². The number of rotatable bonds is 4. The van der Waals surface area contributed by atoms with Crippen molar-refractivity contribution < 1.29 is 17.7 Å². The van der Waals surface area contributed by atoms with E-state index in [9.17, 15) is 0 Å². The summed E-state index contributed by atoms with van der Waals surface area (Å²) in [6, 6.07) is 112. The van der Waals surface area contributed by atoms with Crippen molar-refractivity contribution in [1.82, 2.24) is 0 Å². The van der Waals surface area contributed by atoms with Gasteiger partial charge in [-0.3, -0.25) is 0 Å². The maximum atomic E-state index is 6.76. The molecule has 0 fully saturated rings. The van der Waals surface area contributed by atoms with Crippen molar-refractivity contribution >= 4 is 152 Å². The Labute approximate surface area is 625 Å². The molecule has 0 aliphatic heterocycles. The summed E-state index contributed by atoms with van der Waals surface area (Å²) in [5, 5.41) is 27.2. The number of benzene rings is 18.